The van der Waals surface area contributed by atoms with Crippen molar-refractivity contribution in [3.63, 3.8) is 0 Å². The van der Waals surface area contributed by atoms with Crippen LogP contribution in [0.25, 0.3) is 11.3 Å². The summed E-state index contributed by atoms with van der Waals surface area (Å²) in [4.78, 5) is 15.3. The Morgan fingerprint density at radius 2 is 1.91 bits per heavy atom. The van der Waals surface area contributed by atoms with Crippen LogP contribution in [0.1, 0.15) is 49.0 Å². The first kappa shape index (κ1) is 23.3. The van der Waals surface area contributed by atoms with E-state index >= 15 is 0 Å². The topological polar surface area (TPSA) is 65.8 Å². The van der Waals surface area contributed by atoms with Crippen molar-refractivity contribution >= 4 is 5.91 Å². The number of piperidine rings is 1. The molecule has 1 saturated heterocycles. The van der Waals surface area contributed by atoms with Crippen LogP contribution in [0.2, 0.25) is 0 Å². The Kier molecular flexibility index (Phi) is 6.17. The molecule has 2 aliphatic rings. The van der Waals surface area contributed by atoms with Gasteiger partial charge < -0.3 is 19.1 Å². The van der Waals surface area contributed by atoms with Crippen LogP contribution >= 0.6 is 0 Å². The number of fused-ring (bicyclic) bond motifs is 4. The molecule has 0 bridgehead atoms. The molecule has 1 spiro atoms. The Labute approximate surface area is 206 Å². The SMILES string of the molecule is COc1cc(C(=O)N2CCC3(CC2)Oc2ccccc2-c2c3cnn2C)ccc1OCCC(C)C. The van der Waals surface area contributed by atoms with Crippen molar-refractivity contribution in [2.24, 2.45) is 13.0 Å². The van der Waals surface area contributed by atoms with E-state index in [0.717, 1.165) is 29.0 Å². The van der Waals surface area contributed by atoms with Crippen LogP contribution in [-0.4, -0.2) is 47.4 Å². The minimum absolute atomic E-state index is 0.00509. The van der Waals surface area contributed by atoms with Crippen molar-refractivity contribution in [1.29, 1.82) is 0 Å². The van der Waals surface area contributed by atoms with Gasteiger partial charge in [0.2, 0.25) is 0 Å². The van der Waals surface area contributed by atoms with E-state index in [1.807, 2.05) is 53.2 Å². The predicted molar refractivity (Wildman–Crippen MR) is 134 cm³/mol. The number of para-hydroxylation sites is 1. The minimum Gasteiger partial charge on any atom is -0.493 e. The lowest BCUT2D eigenvalue weighted by Gasteiger charge is -2.44. The Hall–Kier alpha value is -3.48. The normalized spacial score (nSPS) is 16.0. The number of rotatable bonds is 6. The number of aromatic nitrogens is 2. The van der Waals surface area contributed by atoms with Crippen molar-refractivity contribution in [2.75, 3.05) is 26.8 Å². The molecule has 0 saturated carbocycles. The largest absolute Gasteiger partial charge is 0.493 e. The smallest absolute Gasteiger partial charge is 0.253 e. The fourth-order valence-electron chi connectivity index (χ4n) is 5.06. The van der Waals surface area contributed by atoms with Crippen LogP contribution in [0.15, 0.2) is 48.7 Å². The quantitative estimate of drug-likeness (QED) is 0.500. The van der Waals surface area contributed by atoms with E-state index < -0.39 is 5.60 Å². The van der Waals surface area contributed by atoms with E-state index in [-0.39, 0.29) is 5.91 Å². The third-order valence-corrected chi connectivity index (χ3v) is 7.10. The second-order valence-electron chi connectivity index (χ2n) is 9.81. The van der Waals surface area contributed by atoms with Crippen LogP contribution in [0.5, 0.6) is 17.2 Å². The molecule has 1 fully saturated rings. The Morgan fingerprint density at radius 1 is 1.14 bits per heavy atom. The summed E-state index contributed by atoms with van der Waals surface area (Å²) in [6.07, 6.45) is 4.30. The fourth-order valence-corrected chi connectivity index (χ4v) is 5.06. The molecule has 0 atom stereocenters. The van der Waals surface area contributed by atoms with Crippen LogP contribution in [0.3, 0.4) is 0 Å². The van der Waals surface area contributed by atoms with E-state index in [0.29, 0.717) is 55.5 Å². The highest BCUT2D eigenvalue weighted by atomic mass is 16.5. The van der Waals surface area contributed by atoms with Crippen LogP contribution in [-0.2, 0) is 12.6 Å². The maximum atomic E-state index is 13.4. The number of hydrogen-bond acceptors (Lipinski definition) is 5. The number of aryl methyl sites for hydroxylation is 1. The molecule has 5 rings (SSSR count). The molecule has 184 valence electrons. The Morgan fingerprint density at radius 3 is 2.66 bits per heavy atom. The number of carbonyl (C=O) groups is 1. The van der Waals surface area contributed by atoms with E-state index in [1.54, 1.807) is 13.2 Å². The van der Waals surface area contributed by atoms with Gasteiger partial charge in [-0.15, -0.1) is 0 Å². The summed E-state index contributed by atoms with van der Waals surface area (Å²) in [7, 11) is 3.57. The highest BCUT2D eigenvalue weighted by Crippen LogP contribution is 2.49. The zero-order valence-corrected chi connectivity index (χ0v) is 20.9. The summed E-state index contributed by atoms with van der Waals surface area (Å²) in [5.74, 6) is 2.69. The molecule has 3 aromatic rings. The van der Waals surface area contributed by atoms with Gasteiger partial charge >= 0.3 is 0 Å². The van der Waals surface area contributed by atoms with Crippen LogP contribution in [0, 0.1) is 5.92 Å². The van der Waals surface area contributed by atoms with Gasteiger partial charge in [0.25, 0.3) is 5.91 Å². The first-order valence-electron chi connectivity index (χ1n) is 12.3. The summed E-state index contributed by atoms with van der Waals surface area (Å²) in [5, 5.41) is 4.54. The van der Waals surface area contributed by atoms with Gasteiger partial charge in [0.05, 0.1) is 25.6 Å². The van der Waals surface area contributed by atoms with E-state index in [1.165, 1.54) is 0 Å². The van der Waals surface area contributed by atoms with Crippen molar-refractivity contribution in [3.05, 3.63) is 59.8 Å². The molecule has 3 heterocycles. The van der Waals surface area contributed by atoms with E-state index in [4.69, 9.17) is 14.2 Å². The molecule has 0 unspecified atom stereocenters. The van der Waals surface area contributed by atoms with Crippen LogP contribution in [0.4, 0.5) is 0 Å². The molecule has 2 aromatic carbocycles. The number of benzene rings is 2. The van der Waals surface area contributed by atoms with Crippen LogP contribution < -0.4 is 14.2 Å². The summed E-state index contributed by atoms with van der Waals surface area (Å²) < 4.78 is 19.9. The van der Waals surface area contributed by atoms with Gasteiger partial charge in [-0.05, 0) is 42.7 Å². The van der Waals surface area contributed by atoms with Gasteiger partial charge in [-0.2, -0.15) is 5.10 Å². The highest BCUT2D eigenvalue weighted by Gasteiger charge is 2.45. The first-order valence-corrected chi connectivity index (χ1v) is 12.3. The number of amides is 1. The summed E-state index contributed by atoms with van der Waals surface area (Å²) >= 11 is 0. The Bertz CT molecular complexity index is 1220. The van der Waals surface area contributed by atoms with Crippen molar-refractivity contribution < 1.29 is 19.0 Å². The second-order valence-corrected chi connectivity index (χ2v) is 9.81. The third kappa shape index (κ3) is 4.24. The average molecular weight is 476 g/mol. The lowest BCUT2D eigenvalue weighted by molar-refractivity contribution is -0.00173. The molecule has 0 aliphatic carbocycles. The molecular formula is C28H33N3O4. The number of likely N-dealkylation sites (tertiary alicyclic amines) is 1. The third-order valence-electron chi connectivity index (χ3n) is 7.10. The number of ether oxygens (including phenoxy) is 3. The van der Waals surface area contributed by atoms with Gasteiger partial charge in [-0.1, -0.05) is 26.0 Å². The zero-order valence-electron chi connectivity index (χ0n) is 20.9. The maximum absolute atomic E-state index is 13.4. The van der Waals surface area contributed by atoms with Gasteiger partial charge in [0.1, 0.15) is 11.4 Å². The number of carbonyl (C=O) groups excluding carboxylic acids is 1. The predicted octanol–water partition coefficient (Wildman–Crippen LogP) is 5.04. The number of hydrogen-bond donors (Lipinski definition) is 0. The number of methoxy groups -OCH3 is 1. The van der Waals surface area contributed by atoms with E-state index in [2.05, 4.69) is 25.0 Å². The standard InChI is InChI=1S/C28H33N3O4/c1-19(2)11-16-34-24-10-9-20(17-25(24)33-4)27(32)31-14-12-28(13-15-31)22-18-29-30(3)26(22)21-7-5-6-8-23(21)35-28/h5-10,17-19H,11-16H2,1-4H3. The molecule has 7 nitrogen and oxygen atoms in total. The van der Waals surface area contributed by atoms with Crippen molar-refractivity contribution in [3.8, 4) is 28.5 Å². The summed E-state index contributed by atoms with van der Waals surface area (Å²) in [6.45, 7) is 6.15. The summed E-state index contributed by atoms with van der Waals surface area (Å²) in [6, 6.07) is 13.5. The molecule has 1 aromatic heterocycles. The maximum Gasteiger partial charge on any atom is 0.253 e. The molecule has 0 N–H and O–H groups in total. The molecule has 7 heteroatoms. The van der Waals surface area contributed by atoms with Gasteiger partial charge in [0, 0.05) is 49.7 Å². The van der Waals surface area contributed by atoms with Gasteiger partial charge in [-0.3, -0.25) is 9.48 Å². The molecule has 0 radical (unpaired) electrons. The Balaban J connectivity index is 1.32. The second kappa shape index (κ2) is 9.29. The van der Waals surface area contributed by atoms with Crippen molar-refractivity contribution in [1.82, 2.24) is 14.7 Å². The first-order chi connectivity index (χ1) is 16.9. The monoisotopic (exact) mass is 475 g/mol. The van der Waals surface area contributed by atoms with Gasteiger partial charge in [-0.25, -0.2) is 0 Å². The molecule has 35 heavy (non-hydrogen) atoms. The lowest BCUT2D eigenvalue weighted by atomic mass is 9.81. The molecule has 2 aliphatic heterocycles. The van der Waals surface area contributed by atoms with Crippen molar-refractivity contribution in [2.45, 2.75) is 38.7 Å². The number of nitrogens with zero attached hydrogens (tertiary/aromatic N) is 3. The van der Waals surface area contributed by atoms with Gasteiger partial charge in [0.15, 0.2) is 11.5 Å². The minimum atomic E-state index is -0.472. The summed E-state index contributed by atoms with van der Waals surface area (Å²) in [5.41, 5.74) is 3.40. The molecular weight excluding hydrogens is 442 g/mol. The fraction of sp³-hybridized carbons (Fsp3) is 0.429. The molecule has 1 amide bonds. The van der Waals surface area contributed by atoms with E-state index in [9.17, 15) is 4.79 Å². The zero-order chi connectivity index (χ0) is 24.6. The average Bonchev–Trinajstić information content (AvgIpc) is 3.27. The highest BCUT2D eigenvalue weighted by molar-refractivity contribution is 5.95. The lowest BCUT2D eigenvalue weighted by Crippen LogP contribution is -2.49.